The fourth-order valence-corrected chi connectivity index (χ4v) is 3.09. The fraction of sp³-hybridized carbons (Fsp3) is 0.438. The molecule has 0 N–H and O–H groups in total. The molecule has 1 fully saturated rings. The summed E-state index contributed by atoms with van der Waals surface area (Å²) in [5.74, 6) is 0.870. The molecule has 2 aliphatic rings. The van der Waals surface area contributed by atoms with Crippen LogP contribution in [0.3, 0.4) is 0 Å². The molecule has 2 heterocycles. The second-order valence-electron chi connectivity index (χ2n) is 6.05. The van der Waals surface area contributed by atoms with Gasteiger partial charge in [-0.05, 0) is 17.9 Å². The Morgan fingerprint density at radius 1 is 1.29 bits per heavy atom. The number of hydrogen-bond donors (Lipinski definition) is 0. The number of hydrogen-bond acceptors (Lipinski definition) is 3. The Balaban J connectivity index is 1.69. The fourth-order valence-electron chi connectivity index (χ4n) is 3.09. The molecule has 2 aromatic rings. The van der Waals surface area contributed by atoms with Crippen molar-refractivity contribution in [1.29, 1.82) is 0 Å². The van der Waals surface area contributed by atoms with E-state index in [0.717, 1.165) is 12.0 Å². The van der Waals surface area contributed by atoms with Gasteiger partial charge in [-0.25, -0.2) is 14.1 Å². The monoisotopic (exact) mass is 285 g/mol. The summed E-state index contributed by atoms with van der Waals surface area (Å²) >= 11 is 0. The van der Waals surface area contributed by atoms with Gasteiger partial charge in [0.05, 0.1) is 6.04 Å². The van der Waals surface area contributed by atoms with E-state index in [1.54, 1.807) is 4.68 Å². The van der Waals surface area contributed by atoms with Gasteiger partial charge in [-0.15, -0.1) is 5.10 Å². The molecule has 4 rings (SSSR count). The second kappa shape index (κ2) is 4.48. The van der Waals surface area contributed by atoms with Crippen LogP contribution in [0.15, 0.2) is 30.3 Å². The van der Waals surface area contributed by atoms with Gasteiger partial charge in [0.1, 0.15) is 0 Å². The third-order valence-corrected chi connectivity index (χ3v) is 4.51. The molecular formula is C16H16FN3O. The number of benzene rings is 1. The van der Waals surface area contributed by atoms with Crippen LogP contribution >= 0.6 is 0 Å². The average Bonchev–Trinajstić information content (AvgIpc) is 2.95. The smallest absolute Gasteiger partial charge is 0.217 e. The van der Waals surface area contributed by atoms with E-state index in [4.69, 9.17) is 0 Å². The highest BCUT2D eigenvalue weighted by Gasteiger charge is 2.43. The molecule has 1 aliphatic carbocycles. The van der Waals surface area contributed by atoms with Crippen molar-refractivity contribution in [2.24, 2.45) is 11.8 Å². The van der Waals surface area contributed by atoms with Crippen LogP contribution in [0.1, 0.15) is 54.0 Å². The highest BCUT2D eigenvalue weighted by atomic mass is 19.1. The van der Waals surface area contributed by atoms with Crippen LogP contribution in [0.2, 0.25) is 0 Å². The van der Waals surface area contributed by atoms with E-state index in [-0.39, 0.29) is 23.6 Å². The molecule has 1 aromatic heterocycles. The topological polar surface area (TPSA) is 47.8 Å². The molecule has 0 unspecified atom stereocenters. The van der Waals surface area contributed by atoms with Crippen molar-refractivity contribution in [3.05, 3.63) is 47.5 Å². The van der Waals surface area contributed by atoms with Crippen LogP contribution in [0.5, 0.6) is 0 Å². The summed E-state index contributed by atoms with van der Waals surface area (Å²) in [5, 5.41) is 4.31. The minimum absolute atomic E-state index is 0.0290. The van der Waals surface area contributed by atoms with Crippen molar-refractivity contribution < 1.29 is 9.18 Å². The summed E-state index contributed by atoms with van der Waals surface area (Å²) in [5.41, 5.74) is 1.00. The van der Waals surface area contributed by atoms with Gasteiger partial charge in [0, 0.05) is 12.3 Å². The van der Waals surface area contributed by atoms with Gasteiger partial charge >= 0.3 is 0 Å². The number of halogens is 1. The molecule has 1 aliphatic heterocycles. The predicted molar refractivity (Wildman–Crippen MR) is 74.7 cm³/mol. The summed E-state index contributed by atoms with van der Waals surface area (Å²) < 4.78 is 15.8. The van der Waals surface area contributed by atoms with Crippen LogP contribution in [0, 0.1) is 11.8 Å². The van der Waals surface area contributed by atoms with Gasteiger partial charge in [-0.1, -0.05) is 37.3 Å². The maximum absolute atomic E-state index is 14.2. The molecule has 21 heavy (non-hydrogen) atoms. The first-order valence-corrected chi connectivity index (χ1v) is 7.35. The van der Waals surface area contributed by atoms with Crippen molar-refractivity contribution in [3.63, 3.8) is 0 Å². The van der Waals surface area contributed by atoms with Crippen LogP contribution in [0.4, 0.5) is 4.39 Å². The molecule has 0 spiro atoms. The Morgan fingerprint density at radius 2 is 2.00 bits per heavy atom. The Morgan fingerprint density at radius 3 is 2.67 bits per heavy atom. The summed E-state index contributed by atoms with van der Waals surface area (Å²) in [6.07, 6.45) is 0.0817. The Bertz CT molecular complexity index is 697. The average molecular weight is 285 g/mol. The number of rotatable bonds is 3. The summed E-state index contributed by atoms with van der Waals surface area (Å²) in [6.45, 7) is 2.04. The van der Waals surface area contributed by atoms with Crippen molar-refractivity contribution in [3.8, 4) is 0 Å². The number of Topliss-reactive ketones (excluding diaryl/α,β-unsaturated/α-hetero) is 1. The minimum Gasteiger partial charge on any atom is -0.290 e. The lowest BCUT2D eigenvalue weighted by Crippen LogP contribution is -2.11. The van der Waals surface area contributed by atoms with E-state index < -0.39 is 6.17 Å². The number of carbonyl (C=O) groups excluding carboxylic acids is 1. The Hall–Kier alpha value is -2.04. The van der Waals surface area contributed by atoms with Crippen LogP contribution in [-0.4, -0.2) is 20.5 Å². The first kappa shape index (κ1) is 12.7. The first-order chi connectivity index (χ1) is 10.1. The maximum Gasteiger partial charge on any atom is 0.217 e. The zero-order valence-corrected chi connectivity index (χ0v) is 11.7. The van der Waals surface area contributed by atoms with Crippen molar-refractivity contribution in [1.82, 2.24) is 14.8 Å². The quantitative estimate of drug-likeness (QED) is 0.814. The molecule has 1 aromatic carbocycles. The van der Waals surface area contributed by atoms with Crippen LogP contribution < -0.4 is 0 Å². The second-order valence-corrected chi connectivity index (χ2v) is 6.05. The minimum atomic E-state index is -1.15. The number of carbonyl (C=O) groups is 1. The molecule has 4 nitrogen and oxygen atoms in total. The Labute approximate surface area is 122 Å². The standard InChI is InChI=1S/C16H16FN3O/c1-9-7-11(9)14(21)15-18-16-12(17)8-13(20(16)19-15)10-5-3-2-4-6-10/h2-6,9,11-13H,7-8H2,1H3/t9-,11-,12-,13-/m0/s1. The summed E-state index contributed by atoms with van der Waals surface area (Å²) in [7, 11) is 0. The predicted octanol–water partition coefficient (Wildman–Crippen LogP) is 3.12. The number of alkyl halides is 1. The third-order valence-electron chi connectivity index (χ3n) is 4.51. The molecule has 4 atom stereocenters. The van der Waals surface area contributed by atoms with E-state index in [1.165, 1.54) is 0 Å². The van der Waals surface area contributed by atoms with E-state index in [9.17, 15) is 9.18 Å². The van der Waals surface area contributed by atoms with Crippen molar-refractivity contribution >= 4 is 5.78 Å². The van der Waals surface area contributed by atoms with Crippen LogP contribution in [0.25, 0.3) is 0 Å². The number of ketones is 1. The van der Waals surface area contributed by atoms with Gasteiger partial charge in [-0.2, -0.15) is 0 Å². The lowest BCUT2D eigenvalue weighted by atomic mass is 10.0. The first-order valence-electron chi connectivity index (χ1n) is 7.35. The van der Waals surface area contributed by atoms with Gasteiger partial charge in [0.15, 0.2) is 12.0 Å². The highest BCUT2D eigenvalue weighted by Crippen LogP contribution is 2.42. The molecule has 108 valence electrons. The molecule has 0 amide bonds. The van der Waals surface area contributed by atoms with Crippen molar-refractivity contribution in [2.45, 2.75) is 32.0 Å². The normalized spacial score (nSPS) is 30.2. The Kier molecular flexibility index (Phi) is 2.71. The lowest BCUT2D eigenvalue weighted by Gasteiger charge is -2.11. The molecule has 0 saturated heterocycles. The summed E-state index contributed by atoms with van der Waals surface area (Å²) in [6, 6.07) is 9.53. The SMILES string of the molecule is C[C@H]1C[C@@H]1C(=O)c1nc2n(n1)[C@H](c1ccccc1)C[C@@H]2F. The zero-order valence-electron chi connectivity index (χ0n) is 11.7. The molecule has 0 radical (unpaired) electrons. The highest BCUT2D eigenvalue weighted by molar-refractivity contribution is 5.96. The van der Waals surface area contributed by atoms with E-state index >= 15 is 0 Å². The number of aromatic nitrogens is 3. The van der Waals surface area contributed by atoms with Gasteiger partial charge in [0.25, 0.3) is 0 Å². The number of fused-ring (bicyclic) bond motifs is 1. The molecule has 1 saturated carbocycles. The van der Waals surface area contributed by atoms with E-state index in [2.05, 4.69) is 10.1 Å². The van der Waals surface area contributed by atoms with Gasteiger partial charge < -0.3 is 0 Å². The molecular weight excluding hydrogens is 269 g/mol. The van der Waals surface area contributed by atoms with E-state index in [1.807, 2.05) is 37.3 Å². The van der Waals surface area contributed by atoms with Gasteiger partial charge in [0.2, 0.25) is 11.6 Å². The van der Waals surface area contributed by atoms with E-state index in [0.29, 0.717) is 18.2 Å². The molecule has 5 heteroatoms. The number of nitrogens with zero attached hydrogens (tertiary/aromatic N) is 3. The third kappa shape index (κ3) is 1.99. The molecule has 0 bridgehead atoms. The van der Waals surface area contributed by atoms with Crippen LogP contribution in [-0.2, 0) is 0 Å². The lowest BCUT2D eigenvalue weighted by molar-refractivity contribution is 0.0951. The largest absolute Gasteiger partial charge is 0.290 e. The maximum atomic E-state index is 14.2. The van der Waals surface area contributed by atoms with Crippen molar-refractivity contribution in [2.75, 3.05) is 0 Å². The summed E-state index contributed by atoms with van der Waals surface area (Å²) in [4.78, 5) is 16.4. The van der Waals surface area contributed by atoms with Gasteiger partial charge in [-0.3, -0.25) is 4.79 Å². The zero-order chi connectivity index (χ0) is 14.6.